The van der Waals surface area contributed by atoms with Crippen molar-refractivity contribution in [1.82, 2.24) is 4.90 Å². The standard InChI is InChI=1S/C14H19NO3/c1-15-5-3-10(4-6-15)11-7-12(14(17)18-2)9-13(16)8-11/h7-10,16H,3-6H2,1-2H3. The number of piperidine rings is 1. The Morgan fingerprint density at radius 1 is 1.33 bits per heavy atom. The molecule has 2 rings (SSSR count). The third kappa shape index (κ3) is 2.82. The summed E-state index contributed by atoms with van der Waals surface area (Å²) in [6.45, 7) is 2.10. The zero-order valence-electron chi connectivity index (χ0n) is 10.8. The van der Waals surface area contributed by atoms with Gasteiger partial charge >= 0.3 is 5.97 Å². The van der Waals surface area contributed by atoms with Crippen LogP contribution in [-0.4, -0.2) is 43.2 Å². The van der Waals surface area contributed by atoms with Crippen LogP contribution in [0.2, 0.25) is 0 Å². The maximum Gasteiger partial charge on any atom is 0.337 e. The predicted molar refractivity (Wildman–Crippen MR) is 68.9 cm³/mol. The van der Waals surface area contributed by atoms with Gasteiger partial charge in [0.15, 0.2) is 0 Å². The van der Waals surface area contributed by atoms with Gasteiger partial charge in [0.2, 0.25) is 0 Å². The van der Waals surface area contributed by atoms with Crippen molar-refractivity contribution in [2.24, 2.45) is 0 Å². The highest BCUT2D eigenvalue weighted by Crippen LogP contribution is 2.30. The number of methoxy groups -OCH3 is 1. The minimum absolute atomic E-state index is 0.131. The maximum atomic E-state index is 11.5. The molecule has 1 aromatic carbocycles. The summed E-state index contributed by atoms with van der Waals surface area (Å²) in [5.74, 6) is 0.142. The Hall–Kier alpha value is -1.55. The molecule has 1 fully saturated rings. The molecule has 0 atom stereocenters. The summed E-state index contributed by atoms with van der Waals surface area (Å²) in [5, 5.41) is 9.70. The summed E-state index contributed by atoms with van der Waals surface area (Å²) >= 11 is 0. The molecule has 1 aliphatic rings. The van der Waals surface area contributed by atoms with Crippen LogP contribution >= 0.6 is 0 Å². The molecule has 18 heavy (non-hydrogen) atoms. The fourth-order valence-electron chi connectivity index (χ4n) is 2.45. The number of phenols is 1. The number of nitrogens with zero attached hydrogens (tertiary/aromatic N) is 1. The van der Waals surface area contributed by atoms with Crippen LogP contribution in [0.5, 0.6) is 5.75 Å². The molecule has 1 saturated heterocycles. The molecule has 4 nitrogen and oxygen atoms in total. The van der Waals surface area contributed by atoms with E-state index in [-0.39, 0.29) is 5.75 Å². The number of benzene rings is 1. The lowest BCUT2D eigenvalue weighted by molar-refractivity contribution is 0.0600. The van der Waals surface area contributed by atoms with E-state index in [0.717, 1.165) is 31.5 Å². The number of esters is 1. The van der Waals surface area contributed by atoms with Gasteiger partial charge in [0.05, 0.1) is 12.7 Å². The van der Waals surface area contributed by atoms with E-state index in [2.05, 4.69) is 11.9 Å². The van der Waals surface area contributed by atoms with Gasteiger partial charge in [0, 0.05) is 0 Å². The topological polar surface area (TPSA) is 49.8 Å². The summed E-state index contributed by atoms with van der Waals surface area (Å²) in [6.07, 6.45) is 2.11. The predicted octanol–water partition coefficient (Wildman–Crippen LogP) is 1.99. The second kappa shape index (κ2) is 5.40. The zero-order valence-corrected chi connectivity index (χ0v) is 10.8. The first-order valence-corrected chi connectivity index (χ1v) is 6.21. The van der Waals surface area contributed by atoms with Crippen molar-refractivity contribution in [3.63, 3.8) is 0 Å². The van der Waals surface area contributed by atoms with Crippen LogP contribution in [0.4, 0.5) is 0 Å². The Kier molecular flexibility index (Phi) is 3.87. The Morgan fingerprint density at radius 2 is 2.00 bits per heavy atom. The smallest absolute Gasteiger partial charge is 0.337 e. The largest absolute Gasteiger partial charge is 0.508 e. The summed E-state index contributed by atoms with van der Waals surface area (Å²) in [4.78, 5) is 13.8. The van der Waals surface area contributed by atoms with Gasteiger partial charge in [0.1, 0.15) is 5.75 Å². The first kappa shape index (κ1) is 12.9. The molecule has 0 spiro atoms. The zero-order chi connectivity index (χ0) is 13.1. The van der Waals surface area contributed by atoms with Gasteiger partial charge in [0.25, 0.3) is 0 Å². The molecule has 1 aliphatic heterocycles. The number of phenolic OH excluding ortho intramolecular Hbond substituents is 1. The molecule has 1 N–H and O–H groups in total. The highest BCUT2D eigenvalue weighted by atomic mass is 16.5. The van der Waals surface area contributed by atoms with Gasteiger partial charge in [-0.2, -0.15) is 0 Å². The molecule has 98 valence electrons. The number of aromatic hydroxyl groups is 1. The number of carbonyl (C=O) groups excluding carboxylic acids is 1. The number of hydrogen-bond acceptors (Lipinski definition) is 4. The highest BCUT2D eigenvalue weighted by molar-refractivity contribution is 5.90. The average Bonchev–Trinajstić information content (AvgIpc) is 2.38. The Balaban J connectivity index is 2.22. The van der Waals surface area contributed by atoms with Crippen LogP contribution in [0.3, 0.4) is 0 Å². The van der Waals surface area contributed by atoms with Gasteiger partial charge in [-0.05, 0) is 62.7 Å². The molecule has 0 bridgehead atoms. The van der Waals surface area contributed by atoms with Crippen molar-refractivity contribution < 1.29 is 14.6 Å². The van der Waals surface area contributed by atoms with Crippen LogP contribution in [0.25, 0.3) is 0 Å². The molecule has 0 radical (unpaired) electrons. The van der Waals surface area contributed by atoms with Crippen LogP contribution in [0, 0.1) is 0 Å². The van der Waals surface area contributed by atoms with Crippen molar-refractivity contribution in [1.29, 1.82) is 0 Å². The lowest BCUT2D eigenvalue weighted by Gasteiger charge is -2.29. The van der Waals surface area contributed by atoms with E-state index < -0.39 is 5.97 Å². The van der Waals surface area contributed by atoms with E-state index in [1.165, 1.54) is 13.2 Å². The normalized spacial score (nSPS) is 17.7. The molecule has 0 aliphatic carbocycles. The second-order valence-corrected chi connectivity index (χ2v) is 4.88. The first-order chi connectivity index (χ1) is 8.60. The Morgan fingerprint density at radius 3 is 2.61 bits per heavy atom. The molecule has 1 aromatic rings. The minimum Gasteiger partial charge on any atom is -0.508 e. The number of rotatable bonds is 2. The van der Waals surface area contributed by atoms with Gasteiger partial charge in [-0.1, -0.05) is 0 Å². The Bertz CT molecular complexity index is 437. The molecule has 0 amide bonds. The number of hydrogen-bond donors (Lipinski definition) is 1. The van der Waals surface area contributed by atoms with Crippen LogP contribution in [0.1, 0.15) is 34.7 Å². The van der Waals surface area contributed by atoms with Gasteiger partial charge in [-0.25, -0.2) is 4.79 Å². The highest BCUT2D eigenvalue weighted by Gasteiger charge is 2.20. The molecule has 4 heteroatoms. The van der Waals surface area contributed by atoms with Crippen molar-refractivity contribution in [2.75, 3.05) is 27.2 Å². The molecular weight excluding hydrogens is 230 g/mol. The fourth-order valence-corrected chi connectivity index (χ4v) is 2.45. The lowest BCUT2D eigenvalue weighted by atomic mass is 9.88. The summed E-state index contributed by atoms with van der Waals surface area (Å²) < 4.78 is 4.69. The van der Waals surface area contributed by atoms with E-state index in [4.69, 9.17) is 4.74 Å². The van der Waals surface area contributed by atoms with Crippen molar-refractivity contribution in [3.8, 4) is 5.75 Å². The molecular formula is C14H19NO3. The monoisotopic (exact) mass is 249 g/mol. The van der Waals surface area contributed by atoms with E-state index >= 15 is 0 Å². The van der Waals surface area contributed by atoms with E-state index in [0.29, 0.717) is 11.5 Å². The summed E-state index contributed by atoms with van der Waals surface area (Å²) in [7, 11) is 3.46. The third-order valence-electron chi connectivity index (χ3n) is 3.55. The van der Waals surface area contributed by atoms with Crippen LogP contribution < -0.4 is 0 Å². The number of likely N-dealkylation sites (tertiary alicyclic amines) is 1. The molecule has 0 saturated carbocycles. The number of ether oxygens (including phenoxy) is 1. The first-order valence-electron chi connectivity index (χ1n) is 6.21. The molecule has 0 aromatic heterocycles. The third-order valence-corrected chi connectivity index (χ3v) is 3.55. The summed E-state index contributed by atoms with van der Waals surface area (Å²) in [6, 6.07) is 5.04. The van der Waals surface area contributed by atoms with E-state index in [1.54, 1.807) is 6.07 Å². The van der Waals surface area contributed by atoms with Crippen LogP contribution in [0.15, 0.2) is 18.2 Å². The molecule has 0 unspecified atom stereocenters. The Labute approximate surface area is 107 Å². The average molecular weight is 249 g/mol. The number of carbonyl (C=O) groups is 1. The lowest BCUT2D eigenvalue weighted by Crippen LogP contribution is -2.29. The van der Waals surface area contributed by atoms with E-state index in [1.807, 2.05) is 6.07 Å². The van der Waals surface area contributed by atoms with Crippen molar-refractivity contribution >= 4 is 5.97 Å². The van der Waals surface area contributed by atoms with Crippen molar-refractivity contribution in [3.05, 3.63) is 29.3 Å². The molecule has 1 heterocycles. The van der Waals surface area contributed by atoms with Gasteiger partial charge in [-0.15, -0.1) is 0 Å². The fraction of sp³-hybridized carbons (Fsp3) is 0.500. The SMILES string of the molecule is COC(=O)c1cc(O)cc(C2CCN(C)CC2)c1. The quantitative estimate of drug-likeness (QED) is 0.814. The van der Waals surface area contributed by atoms with Crippen molar-refractivity contribution in [2.45, 2.75) is 18.8 Å². The van der Waals surface area contributed by atoms with Gasteiger partial charge in [-0.3, -0.25) is 0 Å². The summed E-state index contributed by atoms with van der Waals surface area (Å²) in [5.41, 5.74) is 1.45. The van der Waals surface area contributed by atoms with Gasteiger partial charge < -0.3 is 14.7 Å². The maximum absolute atomic E-state index is 11.5. The minimum atomic E-state index is -0.403. The van der Waals surface area contributed by atoms with Crippen LogP contribution in [-0.2, 0) is 4.74 Å². The second-order valence-electron chi connectivity index (χ2n) is 4.88. The van der Waals surface area contributed by atoms with E-state index in [9.17, 15) is 9.90 Å².